The van der Waals surface area contributed by atoms with Gasteiger partial charge >= 0.3 is 0 Å². The smallest absolute Gasteiger partial charge is 0.220 e. The van der Waals surface area contributed by atoms with Crippen molar-refractivity contribution >= 4 is 5.91 Å². The van der Waals surface area contributed by atoms with Crippen LogP contribution in [0, 0.1) is 0 Å². The van der Waals surface area contributed by atoms with E-state index in [2.05, 4.69) is 31.3 Å². The van der Waals surface area contributed by atoms with Gasteiger partial charge in [0.2, 0.25) is 5.91 Å². The van der Waals surface area contributed by atoms with Crippen LogP contribution in [-0.2, 0) is 4.79 Å². The van der Waals surface area contributed by atoms with Gasteiger partial charge in [0.25, 0.3) is 0 Å². The molecule has 83 heavy (non-hydrogen) atoms. The Labute approximate surface area is 524 Å². The second kappa shape index (κ2) is 75.4. The topological polar surface area (TPSA) is 69.6 Å². The van der Waals surface area contributed by atoms with Crippen molar-refractivity contribution in [3.63, 3.8) is 0 Å². The van der Waals surface area contributed by atoms with E-state index < -0.39 is 12.1 Å². The third-order valence-corrected chi connectivity index (χ3v) is 19.0. The summed E-state index contributed by atoms with van der Waals surface area (Å²) >= 11 is 0. The van der Waals surface area contributed by atoms with E-state index in [1.807, 2.05) is 0 Å². The molecule has 0 fully saturated rings. The van der Waals surface area contributed by atoms with Crippen molar-refractivity contribution in [1.82, 2.24) is 5.32 Å². The SMILES string of the molecule is CCCCCCCCCC/C=C\CCCCCCCCCCCCCCCCCCCCCCCCCCCCCCCC(=O)NC(CO)C(O)CCCCCCCCCCCCCCCCCCCCCCCCCCCCCCCC. The monoisotopic (exact) mass is 1170 g/mol. The molecule has 0 radical (unpaired) electrons. The zero-order chi connectivity index (χ0) is 59.8. The number of unbranched alkanes of at least 4 members (excludes halogenated alkanes) is 66. The Kier molecular flexibility index (Phi) is 74.6. The van der Waals surface area contributed by atoms with Gasteiger partial charge in [-0.25, -0.2) is 0 Å². The number of allylic oxidation sites excluding steroid dienone is 2. The summed E-state index contributed by atoms with van der Waals surface area (Å²) in [5.41, 5.74) is 0. The summed E-state index contributed by atoms with van der Waals surface area (Å²) in [5.74, 6) is -0.0189. The highest BCUT2D eigenvalue weighted by Gasteiger charge is 2.20. The van der Waals surface area contributed by atoms with Gasteiger partial charge in [-0.3, -0.25) is 4.79 Å². The van der Waals surface area contributed by atoms with Crippen LogP contribution in [0.15, 0.2) is 12.2 Å². The van der Waals surface area contributed by atoms with E-state index in [9.17, 15) is 15.0 Å². The van der Waals surface area contributed by atoms with Gasteiger partial charge in [-0.05, 0) is 38.5 Å². The maximum absolute atomic E-state index is 12.6. The average Bonchev–Trinajstić information content (AvgIpc) is 3.51. The molecule has 0 bridgehead atoms. The van der Waals surface area contributed by atoms with E-state index in [-0.39, 0.29) is 12.5 Å². The maximum Gasteiger partial charge on any atom is 0.220 e. The molecule has 3 N–H and O–H groups in total. The Morgan fingerprint density at radius 1 is 0.277 bits per heavy atom. The number of carbonyl (C=O) groups excluding carboxylic acids is 1. The first-order valence-electron chi connectivity index (χ1n) is 39.4. The van der Waals surface area contributed by atoms with Gasteiger partial charge in [0, 0.05) is 6.42 Å². The van der Waals surface area contributed by atoms with Crippen LogP contribution in [0.3, 0.4) is 0 Å². The molecule has 0 saturated carbocycles. The van der Waals surface area contributed by atoms with Crippen molar-refractivity contribution in [1.29, 1.82) is 0 Å². The predicted molar refractivity (Wildman–Crippen MR) is 373 cm³/mol. The van der Waals surface area contributed by atoms with Gasteiger partial charge < -0.3 is 15.5 Å². The highest BCUT2D eigenvalue weighted by Crippen LogP contribution is 2.21. The van der Waals surface area contributed by atoms with Crippen LogP contribution >= 0.6 is 0 Å². The van der Waals surface area contributed by atoms with Gasteiger partial charge in [0.15, 0.2) is 0 Å². The second-order valence-electron chi connectivity index (χ2n) is 27.5. The summed E-state index contributed by atoms with van der Waals surface area (Å²) in [7, 11) is 0. The molecule has 0 saturated heterocycles. The summed E-state index contributed by atoms with van der Waals surface area (Å²) in [6.07, 6.45) is 102. The van der Waals surface area contributed by atoms with E-state index in [0.717, 1.165) is 25.7 Å². The molecule has 2 unspecified atom stereocenters. The first-order chi connectivity index (χ1) is 41.2. The number of aliphatic hydroxyl groups is 2. The van der Waals surface area contributed by atoms with Gasteiger partial charge in [-0.15, -0.1) is 0 Å². The van der Waals surface area contributed by atoms with Crippen LogP contribution in [0.4, 0.5) is 0 Å². The number of rotatable bonds is 75. The third kappa shape index (κ3) is 71.8. The van der Waals surface area contributed by atoms with E-state index in [4.69, 9.17) is 0 Å². The molecule has 0 heterocycles. The second-order valence-corrected chi connectivity index (χ2v) is 27.5. The van der Waals surface area contributed by atoms with Crippen molar-refractivity contribution in [3.05, 3.63) is 12.2 Å². The molecule has 0 spiro atoms. The number of hydrogen-bond acceptors (Lipinski definition) is 3. The standard InChI is InChI=1S/C79H157NO3/c1-3-5-7-9-11-13-15-17-19-21-23-25-27-29-31-33-35-36-37-38-39-40-41-42-43-44-45-47-49-51-53-55-57-59-61-63-65-67-69-71-73-75-79(83)80-77(76-81)78(82)74-72-70-68-66-64-62-60-58-56-54-52-50-48-46-34-32-30-28-26-24-22-20-18-16-14-12-10-8-6-4-2/h21,23,77-78,81-82H,3-20,22,24-76H2,1-2H3,(H,80,83)/b23-21-. The molecule has 496 valence electrons. The fourth-order valence-electron chi connectivity index (χ4n) is 13.1. The Morgan fingerprint density at radius 3 is 0.663 bits per heavy atom. The van der Waals surface area contributed by atoms with Crippen molar-refractivity contribution < 1.29 is 15.0 Å². The average molecular weight is 1170 g/mol. The fourth-order valence-corrected chi connectivity index (χ4v) is 13.1. The first-order valence-corrected chi connectivity index (χ1v) is 39.4. The Balaban J connectivity index is 3.33. The Bertz CT molecular complexity index is 1190. The van der Waals surface area contributed by atoms with Crippen LogP contribution in [0.5, 0.6) is 0 Å². The van der Waals surface area contributed by atoms with E-state index >= 15 is 0 Å². The number of hydrogen-bond donors (Lipinski definition) is 3. The molecule has 4 nitrogen and oxygen atoms in total. The lowest BCUT2D eigenvalue weighted by atomic mass is 10.0. The van der Waals surface area contributed by atoms with E-state index in [0.29, 0.717) is 12.8 Å². The zero-order valence-corrected chi connectivity index (χ0v) is 57.5. The molecule has 0 aliphatic heterocycles. The van der Waals surface area contributed by atoms with Gasteiger partial charge in [-0.1, -0.05) is 437 Å². The summed E-state index contributed by atoms with van der Waals surface area (Å²) in [4.78, 5) is 12.6. The lowest BCUT2D eigenvalue weighted by molar-refractivity contribution is -0.123. The van der Waals surface area contributed by atoms with Crippen molar-refractivity contribution in [2.45, 2.75) is 482 Å². The quantitative estimate of drug-likeness (QED) is 0.0420. The number of amides is 1. The maximum atomic E-state index is 12.6. The molecule has 2 atom stereocenters. The highest BCUT2D eigenvalue weighted by molar-refractivity contribution is 5.76. The molecule has 0 aromatic carbocycles. The normalized spacial score (nSPS) is 12.6. The molecular weight excluding hydrogens is 1010 g/mol. The molecule has 0 aromatic rings. The molecule has 4 heteroatoms. The molecule has 0 aromatic heterocycles. The zero-order valence-electron chi connectivity index (χ0n) is 57.5. The largest absolute Gasteiger partial charge is 0.394 e. The van der Waals surface area contributed by atoms with Gasteiger partial charge in [0.05, 0.1) is 18.8 Å². The van der Waals surface area contributed by atoms with Crippen LogP contribution in [-0.4, -0.2) is 34.9 Å². The van der Waals surface area contributed by atoms with Gasteiger partial charge in [0.1, 0.15) is 0 Å². The number of aliphatic hydroxyl groups excluding tert-OH is 2. The number of nitrogens with one attached hydrogen (secondary N) is 1. The summed E-state index contributed by atoms with van der Waals surface area (Å²) in [6.45, 7) is 4.42. The molecule has 0 aliphatic carbocycles. The lowest BCUT2D eigenvalue weighted by Gasteiger charge is -2.22. The summed E-state index contributed by atoms with van der Waals surface area (Å²) in [5, 5.41) is 23.5. The minimum Gasteiger partial charge on any atom is -0.394 e. The van der Waals surface area contributed by atoms with Crippen molar-refractivity contribution in [3.8, 4) is 0 Å². The van der Waals surface area contributed by atoms with Crippen LogP contribution in [0.25, 0.3) is 0 Å². The Hall–Kier alpha value is -0.870. The minimum absolute atomic E-state index is 0.0189. The van der Waals surface area contributed by atoms with E-state index in [1.54, 1.807) is 0 Å². The van der Waals surface area contributed by atoms with Crippen molar-refractivity contribution in [2.75, 3.05) is 6.61 Å². The van der Waals surface area contributed by atoms with Crippen LogP contribution in [0.2, 0.25) is 0 Å². The predicted octanol–water partition coefficient (Wildman–Crippen LogP) is 27.1. The minimum atomic E-state index is -0.658. The molecule has 1 amide bonds. The van der Waals surface area contributed by atoms with Crippen molar-refractivity contribution in [2.24, 2.45) is 0 Å². The number of carbonyl (C=O) groups is 1. The van der Waals surface area contributed by atoms with Crippen LogP contribution in [0.1, 0.15) is 470 Å². The summed E-state index contributed by atoms with van der Waals surface area (Å²) < 4.78 is 0. The molecule has 0 aliphatic rings. The third-order valence-electron chi connectivity index (χ3n) is 19.0. The molecule has 0 rings (SSSR count). The first kappa shape index (κ1) is 82.1. The molecular formula is C79H157NO3. The fraction of sp³-hybridized carbons (Fsp3) is 0.962. The summed E-state index contributed by atoms with van der Waals surface area (Å²) in [6, 6.07) is -0.534. The van der Waals surface area contributed by atoms with Gasteiger partial charge in [-0.2, -0.15) is 0 Å². The van der Waals surface area contributed by atoms with E-state index in [1.165, 1.54) is 417 Å². The highest BCUT2D eigenvalue weighted by atomic mass is 16.3. The van der Waals surface area contributed by atoms with Crippen LogP contribution < -0.4 is 5.32 Å². The lowest BCUT2D eigenvalue weighted by Crippen LogP contribution is -2.45. The Morgan fingerprint density at radius 2 is 0.458 bits per heavy atom.